The number of aliphatic carboxylic acids is 1. The van der Waals surface area contributed by atoms with Gasteiger partial charge in [0.1, 0.15) is 35.1 Å². The summed E-state index contributed by atoms with van der Waals surface area (Å²) in [5.41, 5.74) is -3.13. The van der Waals surface area contributed by atoms with Gasteiger partial charge in [-0.25, -0.2) is 14.6 Å². The molecule has 6 atom stereocenters. The summed E-state index contributed by atoms with van der Waals surface area (Å²) in [5.74, 6) is -2.75. The Morgan fingerprint density at radius 3 is 2.39 bits per heavy atom. The lowest BCUT2D eigenvalue weighted by Crippen LogP contribution is -2.60. The van der Waals surface area contributed by atoms with E-state index in [4.69, 9.17) is 25.8 Å². The van der Waals surface area contributed by atoms with Crippen molar-refractivity contribution in [2.24, 2.45) is 17.3 Å². The number of amides is 3. The minimum Gasteiger partial charge on any atom is -0.494 e. The Kier molecular flexibility index (Phi) is 9.55. The average Bonchev–Trinajstić information content (AvgIpc) is 3.57. The fourth-order valence-corrected chi connectivity index (χ4v) is 6.00. The van der Waals surface area contributed by atoms with Crippen LogP contribution >= 0.6 is 11.6 Å². The molecule has 1 aliphatic heterocycles. The van der Waals surface area contributed by atoms with Gasteiger partial charge in [0.15, 0.2) is 0 Å². The normalized spacial score (nSPS) is 24.9. The number of ether oxygens (including phenoxy) is 3. The maximum Gasteiger partial charge on any atom is 0.408 e. The molecule has 0 radical (unpaired) electrons. The number of hydrogen-bond acceptors (Lipinski definition) is 8. The van der Waals surface area contributed by atoms with Gasteiger partial charge < -0.3 is 34.9 Å². The molecule has 4 rings (SSSR count). The van der Waals surface area contributed by atoms with Gasteiger partial charge in [0.05, 0.1) is 19.9 Å². The Labute approximate surface area is 273 Å². The van der Waals surface area contributed by atoms with Crippen LogP contribution in [0.4, 0.5) is 4.79 Å². The van der Waals surface area contributed by atoms with Crippen molar-refractivity contribution in [2.45, 2.75) is 84.2 Å². The van der Waals surface area contributed by atoms with Crippen molar-refractivity contribution in [3.63, 3.8) is 0 Å². The highest BCUT2D eigenvalue weighted by Gasteiger charge is 2.62. The third-order valence-electron chi connectivity index (χ3n) is 8.41. The standard InChI is InChI=1S/C33H43ClN4O8/c1-10-18-14-33(18,29(41)42)37-26(39)24-17(2)23(45-27-21-13-19(34)11-12-20(21)22(44-9)15-35-27)16-38(24)28(40)25(31(3,4)5)36-30(43)46-32(6,7)8/h10-13,15,17-18,23-25H,1,14,16H2,2-9H3,(H,36,43)(H,37,39)(H,41,42)/t17-,18-,23+,24+,25-,33-/m1/s1. The second-order valence-electron chi connectivity index (χ2n) is 14.0. The van der Waals surface area contributed by atoms with Crippen LogP contribution in [0.15, 0.2) is 37.1 Å². The van der Waals surface area contributed by atoms with Crippen LogP contribution < -0.4 is 20.1 Å². The monoisotopic (exact) mass is 658 g/mol. The van der Waals surface area contributed by atoms with E-state index in [0.717, 1.165) is 0 Å². The predicted molar refractivity (Wildman–Crippen MR) is 172 cm³/mol. The number of benzene rings is 1. The number of nitrogens with one attached hydrogen (secondary N) is 2. The largest absolute Gasteiger partial charge is 0.494 e. The zero-order valence-corrected chi connectivity index (χ0v) is 28.2. The fourth-order valence-electron chi connectivity index (χ4n) is 5.83. The third-order valence-corrected chi connectivity index (χ3v) is 8.64. The molecule has 1 saturated carbocycles. The van der Waals surface area contributed by atoms with Crippen LogP contribution in [0.1, 0.15) is 54.9 Å². The molecule has 1 saturated heterocycles. The molecule has 1 aromatic heterocycles. The lowest BCUT2D eigenvalue weighted by molar-refractivity contribution is -0.146. The van der Waals surface area contributed by atoms with Gasteiger partial charge in [-0.15, -0.1) is 6.58 Å². The van der Waals surface area contributed by atoms with E-state index in [1.165, 1.54) is 24.3 Å². The van der Waals surface area contributed by atoms with E-state index in [1.807, 2.05) is 0 Å². The zero-order valence-electron chi connectivity index (χ0n) is 27.5. The van der Waals surface area contributed by atoms with E-state index in [9.17, 15) is 24.3 Å². The zero-order chi connectivity index (χ0) is 34.4. The van der Waals surface area contributed by atoms with Crippen molar-refractivity contribution in [1.29, 1.82) is 0 Å². The van der Waals surface area contributed by atoms with E-state index in [0.29, 0.717) is 21.5 Å². The lowest BCUT2D eigenvalue weighted by Gasteiger charge is -2.36. The minimum absolute atomic E-state index is 0.0542. The third kappa shape index (κ3) is 7.01. The fraction of sp³-hybridized carbons (Fsp3) is 0.545. The van der Waals surface area contributed by atoms with Gasteiger partial charge in [0, 0.05) is 27.6 Å². The number of carbonyl (C=O) groups excluding carboxylic acids is 3. The van der Waals surface area contributed by atoms with Crippen LogP contribution in [0.3, 0.4) is 0 Å². The summed E-state index contributed by atoms with van der Waals surface area (Å²) in [4.78, 5) is 59.2. The summed E-state index contributed by atoms with van der Waals surface area (Å²) >= 11 is 6.31. The quantitative estimate of drug-likeness (QED) is 0.328. The molecule has 46 heavy (non-hydrogen) atoms. The van der Waals surface area contributed by atoms with Crippen LogP contribution in [0.2, 0.25) is 5.02 Å². The van der Waals surface area contributed by atoms with Crippen molar-refractivity contribution in [1.82, 2.24) is 20.5 Å². The van der Waals surface area contributed by atoms with Gasteiger partial charge in [0.2, 0.25) is 17.7 Å². The molecular weight excluding hydrogens is 616 g/mol. The minimum atomic E-state index is -1.52. The number of carbonyl (C=O) groups is 4. The molecule has 3 amide bonds. The molecular formula is C33H43ClN4O8. The Balaban J connectivity index is 1.72. The number of methoxy groups -OCH3 is 1. The number of carboxylic acid groups (broad SMARTS) is 1. The molecule has 12 nitrogen and oxygen atoms in total. The van der Waals surface area contributed by atoms with Crippen LogP contribution in [0.25, 0.3) is 10.8 Å². The summed E-state index contributed by atoms with van der Waals surface area (Å²) in [6.45, 7) is 15.9. The average molecular weight is 659 g/mol. The molecule has 1 aliphatic carbocycles. The highest BCUT2D eigenvalue weighted by molar-refractivity contribution is 6.31. The number of halogens is 1. The number of carboxylic acids is 1. The molecule has 250 valence electrons. The molecule has 3 N–H and O–H groups in total. The van der Waals surface area contributed by atoms with E-state index in [1.54, 1.807) is 66.7 Å². The van der Waals surface area contributed by atoms with Gasteiger partial charge in [-0.2, -0.15) is 0 Å². The van der Waals surface area contributed by atoms with Gasteiger partial charge in [-0.05, 0) is 50.8 Å². The number of fused-ring (bicyclic) bond motifs is 1. The first-order valence-corrected chi connectivity index (χ1v) is 15.5. The molecule has 13 heteroatoms. The maximum absolute atomic E-state index is 14.4. The first-order valence-electron chi connectivity index (χ1n) is 15.1. The summed E-state index contributed by atoms with van der Waals surface area (Å²) < 4.78 is 17.3. The number of alkyl carbamates (subject to hydrolysis) is 1. The first-order chi connectivity index (χ1) is 21.3. The topological polar surface area (TPSA) is 156 Å². The number of likely N-dealkylation sites (tertiary alicyclic amines) is 1. The Morgan fingerprint density at radius 1 is 1.17 bits per heavy atom. The molecule has 2 heterocycles. The van der Waals surface area contributed by atoms with Gasteiger partial charge in [0.25, 0.3) is 0 Å². The Bertz CT molecular complexity index is 1550. The number of rotatable bonds is 9. The number of hydrogen-bond donors (Lipinski definition) is 3. The van der Waals surface area contributed by atoms with Crippen LogP contribution in [-0.2, 0) is 19.1 Å². The van der Waals surface area contributed by atoms with E-state index in [2.05, 4.69) is 22.2 Å². The van der Waals surface area contributed by atoms with Crippen LogP contribution in [-0.4, -0.2) is 81.8 Å². The molecule has 2 fully saturated rings. The van der Waals surface area contributed by atoms with Gasteiger partial charge in [-0.3, -0.25) is 9.59 Å². The van der Waals surface area contributed by atoms with Gasteiger partial charge >= 0.3 is 12.1 Å². The second kappa shape index (κ2) is 12.6. The maximum atomic E-state index is 14.4. The first kappa shape index (κ1) is 34.8. The smallest absolute Gasteiger partial charge is 0.408 e. The molecule has 0 spiro atoms. The molecule has 0 bridgehead atoms. The van der Waals surface area contributed by atoms with Crippen molar-refractivity contribution in [3.8, 4) is 11.6 Å². The van der Waals surface area contributed by atoms with Crippen molar-refractivity contribution in [3.05, 3.63) is 42.1 Å². The predicted octanol–water partition coefficient (Wildman–Crippen LogP) is 4.58. The van der Waals surface area contributed by atoms with Crippen molar-refractivity contribution < 1.29 is 38.5 Å². The Hall–Kier alpha value is -4.06. The highest BCUT2D eigenvalue weighted by Crippen LogP contribution is 2.45. The second-order valence-corrected chi connectivity index (χ2v) is 14.5. The van der Waals surface area contributed by atoms with Crippen molar-refractivity contribution in [2.75, 3.05) is 13.7 Å². The lowest BCUT2D eigenvalue weighted by atomic mass is 9.85. The molecule has 0 unspecified atom stereocenters. The number of aromatic nitrogens is 1. The summed E-state index contributed by atoms with van der Waals surface area (Å²) in [7, 11) is 1.52. The Morgan fingerprint density at radius 2 is 1.85 bits per heavy atom. The van der Waals surface area contributed by atoms with E-state index < -0.39 is 70.5 Å². The molecule has 2 aliphatic rings. The highest BCUT2D eigenvalue weighted by atomic mass is 35.5. The number of pyridine rings is 1. The van der Waals surface area contributed by atoms with E-state index in [-0.39, 0.29) is 18.8 Å². The summed E-state index contributed by atoms with van der Waals surface area (Å²) in [6, 6.07) is 2.94. The summed E-state index contributed by atoms with van der Waals surface area (Å²) in [5, 5.41) is 17.1. The van der Waals surface area contributed by atoms with Crippen LogP contribution in [0, 0.1) is 17.3 Å². The van der Waals surface area contributed by atoms with E-state index >= 15 is 0 Å². The molecule has 1 aromatic carbocycles. The van der Waals surface area contributed by atoms with Crippen LogP contribution in [0.5, 0.6) is 11.6 Å². The summed E-state index contributed by atoms with van der Waals surface area (Å²) in [6.07, 6.45) is 1.65. The SMILES string of the molecule is C=C[C@@H]1C[C@]1(NC(=O)[C@@H]1[C@H](C)[C@@H](Oc2ncc(OC)c3ccc(Cl)cc23)CN1C(=O)[C@@H](NC(=O)OC(C)(C)C)C(C)(C)C)C(=O)O. The molecule has 2 aromatic rings. The number of nitrogens with zero attached hydrogens (tertiary/aromatic N) is 2. The van der Waals surface area contributed by atoms with Gasteiger partial charge in [-0.1, -0.05) is 45.4 Å². The van der Waals surface area contributed by atoms with Crippen molar-refractivity contribution >= 4 is 46.3 Å².